The molecule has 3 heterocycles. The van der Waals surface area contributed by atoms with Gasteiger partial charge in [0.05, 0.1) is 23.5 Å². The minimum absolute atomic E-state index is 0.763. The minimum atomic E-state index is -1.25. The molecule has 0 aliphatic carbocycles. The fraction of sp³-hybridized carbons (Fsp3) is 0.111. The lowest BCUT2D eigenvalue weighted by Crippen LogP contribution is -2.18. The van der Waals surface area contributed by atoms with Crippen LogP contribution in [0.15, 0.2) is 91.5 Å². The highest BCUT2D eigenvalue weighted by Gasteiger charge is 2.19. The van der Waals surface area contributed by atoms with Crippen LogP contribution in [0.4, 0.5) is 0 Å². The molecule has 0 saturated heterocycles. The zero-order valence-corrected chi connectivity index (χ0v) is 17.9. The van der Waals surface area contributed by atoms with Crippen molar-refractivity contribution in [2.45, 2.75) is 12.5 Å². The van der Waals surface area contributed by atoms with E-state index in [4.69, 9.17) is 0 Å². The van der Waals surface area contributed by atoms with Crippen molar-refractivity contribution in [3.05, 3.63) is 103 Å². The van der Waals surface area contributed by atoms with Gasteiger partial charge in [0.15, 0.2) is 0 Å². The second kappa shape index (κ2) is 7.84. The van der Waals surface area contributed by atoms with Gasteiger partial charge in [-0.25, -0.2) is 4.52 Å². The lowest BCUT2D eigenvalue weighted by Gasteiger charge is -2.16. The molecule has 0 spiro atoms. The van der Waals surface area contributed by atoms with Crippen molar-refractivity contribution in [2.75, 3.05) is 0 Å². The Bertz CT molecular complexity index is 1450. The van der Waals surface area contributed by atoms with Crippen LogP contribution in [0, 0.1) is 11.8 Å². The highest BCUT2D eigenvalue weighted by molar-refractivity contribution is 5.85. The first kappa shape index (κ1) is 19.8. The van der Waals surface area contributed by atoms with Gasteiger partial charge in [-0.3, -0.25) is 4.68 Å². The smallest absolute Gasteiger partial charge is 0.148 e. The summed E-state index contributed by atoms with van der Waals surface area (Å²) in [6, 6.07) is 21.7. The SMILES string of the molecule is Cn1cc(-c2ccc(-c3cnn4cccc(C#C[C@@](C)(O)c5ccccc5)c34)cc2)cn1. The van der Waals surface area contributed by atoms with E-state index in [0.717, 1.165) is 38.9 Å². The molecule has 1 N–H and O–H groups in total. The van der Waals surface area contributed by atoms with Crippen molar-refractivity contribution in [1.82, 2.24) is 19.4 Å². The lowest BCUT2D eigenvalue weighted by atomic mass is 9.96. The van der Waals surface area contributed by atoms with Crippen LogP contribution < -0.4 is 0 Å². The maximum absolute atomic E-state index is 10.9. The standard InChI is InChI=1S/C27H22N4O/c1-27(32,24-8-4-3-5-9-24)15-14-22-7-6-16-31-26(22)25(18-29-31)21-12-10-20(11-13-21)23-17-28-30(2)19-23/h3-13,16-19,32H,1-2H3/t27-/m1/s1. The van der Waals surface area contributed by atoms with E-state index in [-0.39, 0.29) is 0 Å². The van der Waals surface area contributed by atoms with Gasteiger partial charge in [0.1, 0.15) is 5.60 Å². The number of rotatable bonds is 3. The van der Waals surface area contributed by atoms with E-state index in [0.29, 0.717) is 0 Å². The molecule has 32 heavy (non-hydrogen) atoms. The first-order chi connectivity index (χ1) is 15.5. The van der Waals surface area contributed by atoms with Gasteiger partial charge in [-0.15, -0.1) is 0 Å². The Morgan fingerprint density at radius 1 is 0.844 bits per heavy atom. The van der Waals surface area contributed by atoms with E-state index in [1.165, 1.54) is 0 Å². The topological polar surface area (TPSA) is 55.4 Å². The third-order valence-corrected chi connectivity index (χ3v) is 5.55. The van der Waals surface area contributed by atoms with Crippen molar-refractivity contribution in [3.63, 3.8) is 0 Å². The third-order valence-electron chi connectivity index (χ3n) is 5.55. The van der Waals surface area contributed by atoms with Gasteiger partial charge >= 0.3 is 0 Å². The Morgan fingerprint density at radius 3 is 2.31 bits per heavy atom. The third kappa shape index (κ3) is 3.68. The Kier molecular flexibility index (Phi) is 4.85. The summed E-state index contributed by atoms with van der Waals surface area (Å²) in [5.74, 6) is 6.23. The molecule has 5 nitrogen and oxygen atoms in total. The Balaban J connectivity index is 1.55. The maximum Gasteiger partial charge on any atom is 0.148 e. The van der Waals surface area contributed by atoms with Gasteiger partial charge in [-0.05, 0) is 35.7 Å². The summed E-state index contributed by atoms with van der Waals surface area (Å²) in [7, 11) is 1.91. The molecule has 0 amide bonds. The summed E-state index contributed by atoms with van der Waals surface area (Å²) in [6.45, 7) is 1.71. The van der Waals surface area contributed by atoms with Gasteiger partial charge < -0.3 is 5.11 Å². The number of nitrogens with zero attached hydrogens (tertiary/aromatic N) is 4. The summed E-state index contributed by atoms with van der Waals surface area (Å²) in [5.41, 5.74) is 5.47. The molecule has 1 atom stereocenters. The molecule has 0 radical (unpaired) electrons. The monoisotopic (exact) mass is 418 g/mol. The average molecular weight is 419 g/mol. The molecule has 5 aromatic rings. The minimum Gasteiger partial charge on any atom is -0.374 e. The first-order valence-electron chi connectivity index (χ1n) is 10.4. The second-order valence-electron chi connectivity index (χ2n) is 7.94. The quantitative estimate of drug-likeness (QED) is 0.434. The molecule has 2 aromatic carbocycles. The lowest BCUT2D eigenvalue weighted by molar-refractivity contribution is 0.122. The summed E-state index contributed by atoms with van der Waals surface area (Å²) in [5, 5.41) is 19.7. The van der Waals surface area contributed by atoms with E-state index in [2.05, 4.69) is 46.3 Å². The Labute approximate surface area is 186 Å². The van der Waals surface area contributed by atoms with Crippen LogP contribution >= 0.6 is 0 Å². The fourth-order valence-corrected chi connectivity index (χ4v) is 3.79. The molecule has 0 aliphatic rings. The summed E-state index contributed by atoms with van der Waals surface area (Å²) < 4.78 is 3.62. The van der Waals surface area contributed by atoms with Crippen molar-refractivity contribution < 1.29 is 5.11 Å². The fourth-order valence-electron chi connectivity index (χ4n) is 3.79. The summed E-state index contributed by atoms with van der Waals surface area (Å²) >= 11 is 0. The zero-order chi connectivity index (χ0) is 22.1. The van der Waals surface area contributed by atoms with E-state index >= 15 is 0 Å². The summed E-state index contributed by atoms with van der Waals surface area (Å²) in [4.78, 5) is 0. The Morgan fingerprint density at radius 2 is 1.59 bits per heavy atom. The predicted molar refractivity (Wildman–Crippen MR) is 126 cm³/mol. The van der Waals surface area contributed by atoms with E-state index in [1.807, 2.05) is 78.8 Å². The van der Waals surface area contributed by atoms with Crippen LogP contribution in [0.1, 0.15) is 18.1 Å². The van der Waals surface area contributed by atoms with Gasteiger partial charge in [0.25, 0.3) is 0 Å². The highest BCUT2D eigenvalue weighted by atomic mass is 16.3. The number of benzene rings is 2. The van der Waals surface area contributed by atoms with Crippen molar-refractivity contribution in [3.8, 4) is 34.1 Å². The number of hydrogen-bond acceptors (Lipinski definition) is 3. The number of aliphatic hydroxyl groups is 1. The molecular formula is C27H22N4O. The predicted octanol–water partition coefficient (Wildman–Crippen LogP) is 4.66. The van der Waals surface area contributed by atoms with Gasteiger partial charge in [-0.1, -0.05) is 66.4 Å². The van der Waals surface area contributed by atoms with E-state index < -0.39 is 5.60 Å². The molecule has 0 fully saturated rings. The van der Waals surface area contributed by atoms with Crippen molar-refractivity contribution in [2.24, 2.45) is 7.05 Å². The molecule has 0 aliphatic heterocycles. The molecule has 3 aromatic heterocycles. The molecule has 5 rings (SSSR count). The molecule has 0 saturated carbocycles. The van der Waals surface area contributed by atoms with Crippen LogP contribution in [-0.4, -0.2) is 24.5 Å². The van der Waals surface area contributed by atoms with Crippen LogP contribution in [0.5, 0.6) is 0 Å². The largest absolute Gasteiger partial charge is 0.374 e. The first-order valence-corrected chi connectivity index (χ1v) is 10.4. The van der Waals surface area contributed by atoms with Crippen LogP contribution in [0.3, 0.4) is 0 Å². The van der Waals surface area contributed by atoms with E-state index in [1.54, 1.807) is 11.6 Å². The van der Waals surface area contributed by atoms with Crippen molar-refractivity contribution in [1.29, 1.82) is 0 Å². The normalized spacial score (nSPS) is 12.8. The number of aromatic nitrogens is 4. The number of aryl methyl sites for hydroxylation is 1. The number of fused-ring (bicyclic) bond motifs is 1. The van der Waals surface area contributed by atoms with Gasteiger partial charge in [0, 0.05) is 30.6 Å². The number of pyridine rings is 1. The summed E-state index contributed by atoms with van der Waals surface area (Å²) in [6.07, 6.45) is 7.62. The molecular weight excluding hydrogens is 396 g/mol. The zero-order valence-electron chi connectivity index (χ0n) is 17.9. The van der Waals surface area contributed by atoms with Crippen LogP contribution in [0.25, 0.3) is 27.8 Å². The second-order valence-corrected chi connectivity index (χ2v) is 7.94. The van der Waals surface area contributed by atoms with Crippen LogP contribution in [0.2, 0.25) is 0 Å². The van der Waals surface area contributed by atoms with E-state index in [9.17, 15) is 5.11 Å². The highest BCUT2D eigenvalue weighted by Crippen LogP contribution is 2.29. The Hall–Kier alpha value is -4.14. The maximum atomic E-state index is 10.9. The molecule has 0 unspecified atom stereocenters. The molecule has 156 valence electrons. The number of hydrogen-bond donors (Lipinski definition) is 1. The van der Waals surface area contributed by atoms with Gasteiger partial charge in [0.2, 0.25) is 0 Å². The van der Waals surface area contributed by atoms with Gasteiger partial charge in [-0.2, -0.15) is 10.2 Å². The molecule has 0 bridgehead atoms. The average Bonchev–Trinajstić information content (AvgIpc) is 3.45. The molecule has 5 heteroatoms. The van der Waals surface area contributed by atoms with Crippen LogP contribution in [-0.2, 0) is 12.6 Å². The van der Waals surface area contributed by atoms with Crippen molar-refractivity contribution >= 4 is 5.52 Å².